The van der Waals surface area contributed by atoms with Gasteiger partial charge in [0.25, 0.3) is 0 Å². The number of fused-ring (bicyclic) bond motifs is 3. The first-order valence-electron chi connectivity index (χ1n) is 7.63. The number of hydrogen-bond donors (Lipinski definition) is 0. The summed E-state index contributed by atoms with van der Waals surface area (Å²) in [5.74, 6) is 0.247. The van der Waals surface area contributed by atoms with Gasteiger partial charge in [-0.3, -0.25) is 4.98 Å². The highest BCUT2D eigenvalue weighted by Crippen LogP contribution is 2.37. The molecule has 1 fully saturated rings. The molecule has 0 bridgehead atoms. The number of rotatable bonds is 2. The first-order chi connectivity index (χ1) is 11.2. The minimum Gasteiger partial charge on any atom is -0.323 e. The molecule has 6 heteroatoms. The fraction of sp³-hybridized carbons (Fsp3) is 0.353. The van der Waals surface area contributed by atoms with Crippen molar-refractivity contribution in [3.05, 3.63) is 36.0 Å². The molecule has 1 aliphatic rings. The van der Waals surface area contributed by atoms with Gasteiger partial charge in [-0.1, -0.05) is 0 Å². The first-order valence-corrected chi connectivity index (χ1v) is 7.63. The summed E-state index contributed by atoms with van der Waals surface area (Å²) in [5.41, 5.74) is 2.04. The number of halogens is 2. The lowest BCUT2D eigenvalue weighted by Crippen LogP contribution is -2.10. The predicted octanol–water partition coefficient (Wildman–Crippen LogP) is 3.85. The molecule has 2 unspecified atom stereocenters. The highest BCUT2D eigenvalue weighted by atomic mass is 19.1. The third-order valence-electron chi connectivity index (χ3n) is 4.49. The zero-order valence-electron chi connectivity index (χ0n) is 12.3. The summed E-state index contributed by atoms with van der Waals surface area (Å²) in [6, 6.07) is 6.48. The van der Waals surface area contributed by atoms with Crippen molar-refractivity contribution in [2.24, 2.45) is 0 Å². The van der Waals surface area contributed by atoms with Crippen LogP contribution in [0.3, 0.4) is 0 Å². The summed E-state index contributed by atoms with van der Waals surface area (Å²) >= 11 is 0. The summed E-state index contributed by atoms with van der Waals surface area (Å²) in [5, 5.41) is 9.72. The van der Waals surface area contributed by atoms with Gasteiger partial charge in [-0.25, -0.2) is 13.8 Å². The standard InChI is InChI=1S/C17H14F2N4/c18-10-1-3-12(7-10)23-16(5-6-20)22-15-9-21-14-4-2-11(19)8-13(14)17(15)23/h2,4,8-10,12H,1,3,5,7H2. The van der Waals surface area contributed by atoms with E-state index in [1.54, 1.807) is 12.3 Å². The summed E-state index contributed by atoms with van der Waals surface area (Å²) < 4.78 is 29.3. The van der Waals surface area contributed by atoms with Crippen LogP contribution >= 0.6 is 0 Å². The van der Waals surface area contributed by atoms with Gasteiger partial charge in [-0.15, -0.1) is 0 Å². The van der Waals surface area contributed by atoms with E-state index >= 15 is 0 Å². The van der Waals surface area contributed by atoms with Gasteiger partial charge in [0, 0.05) is 11.4 Å². The third-order valence-corrected chi connectivity index (χ3v) is 4.49. The molecule has 2 heterocycles. The molecule has 4 rings (SSSR count). The smallest absolute Gasteiger partial charge is 0.124 e. The van der Waals surface area contributed by atoms with Crippen LogP contribution in [-0.4, -0.2) is 20.7 Å². The second-order valence-electron chi connectivity index (χ2n) is 5.95. The lowest BCUT2D eigenvalue weighted by molar-refractivity contribution is 0.330. The molecule has 116 valence electrons. The van der Waals surface area contributed by atoms with Crippen LogP contribution in [-0.2, 0) is 6.42 Å². The second-order valence-corrected chi connectivity index (χ2v) is 5.95. The van der Waals surface area contributed by atoms with Crippen LogP contribution in [0.2, 0.25) is 0 Å². The molecule has 4 nitrogen and oxygen atoms in total. The minimum absolute atomic E-state index is 0.0489. The fourth-order valence-electron chi connectivity index (χ4n) is 3.52. The Bertz CT molecular complexity index is 941. The van der Waals surface area contributed by atoms with Gasteiger partial charge in [0.05, 0.1) is 29.7 Å². The maximum absolute atomic E-state index is 13.7. The van der Waals surface area contributed by atoms with Gasteiger partial charge < -0.3 is 4.57 Å². The molecular formula is C17H14F2N4. The molecule has 23 heavy (non-hydrogen) atoms. The Labute approximate surface area is 131 Å². The van der Waals surface area contributed by atoms with Crippen molar-refractivity contribution in [2.75, 3.05) is 0 Å². The molecule has 3 aromatic rings. The van der Waals surface area contributed by atoms with Gasteiger partial charge in [0.15, 0.2) is 0 Å². The van der Waals surface area contributed by atoms with E-state index in [-0.39, 0.29) is 18.3 Å². The van der Waals surface area contributed by atoms with Crippen LogP contribution in [0.15, 0.2) is 24.4 Å². The van der Waals surface area contributed by atoms with E-state index in [1.807, 2.05) is 4.57 Å². The normalized spacial score (nSPS) is 21.1. The first kappa shape index (κ1) is 14.1. The van der Waals surface area contributed by atoms with Crippen molar-refractivity contribution in [2.45, 2.75) is 37.9 Å². The van der Waals surface area contributed by atoms with E-state index in [1.165, 1.54) is 12.1 Å². The monoisotopic (exact) mass is 312 g/mol. The number of alkyl halides is 1. The Balaban J connectivity index is 2.05. The van der Waals surface area contributed by atoms with Crippen molar-refractivity contribution in [1.82, 2.24) is 14.5 Å². The maximum atomic E-state index is 13.7. The van der Waals surface area contributed by atoms with Crippen molar-refractivity contribution in [3.8, 4) is 6.07 Å². The maximum Gasteiger partial charge on any atom is 0.124 e. The number of pyridine rings is 1. The van der Waals surface area contributed by atoms with Gasteiger partial charge >= 0.3 is 0 Å². The molecule has 1 aromatic carbocycles. The molecule has 1 saturated carbocycles. The molecule has 0 amide bonds. The Morgan fingerprint density at radius 2 is 2.17 bits per heavy atom. The molecule has 0 saturated heterocycles. The van der Waals surface area contributed by atoms with Crippen LogP contribution < -0.4 is 0 Å². The third kappa shape index (κ3) is 2.24. The molecule has 0 N–H and O–H groups in total. The molecule has 0 spiro atoms. The van der Waals surface area contributed by atoms with Crippen LogP contribution in [0.25, 0.3) is 21.9 Å². The van der Waals surface area contributed by atoms with Gasteiger partial charge in [0.2, 0.25) is 0 Å². The van der Waals surface area contributed by atoms with Crippen LogP contribution in [0.1, 0.15) is 31.1 Å². The van der Waals surface area contributed by atoms with Crippen LogP contribution in [0, 0.1) is 17.1 Å². The fourth-order valence-corrected chi connectivity index (χ4v) is 3.52. The number of benzene rings is 1. The molecular weight excluding hydrogens is 298 g/mol. The average Bonchev–Trinajstić information content (AvgIpc) is 3.10. The van der Waals surface area contributed by atoms with Crippen molar-refractivity contribution in [3.63, 3.8) is 0 Å². The number of hydrogen-bond acceptors (Lipinski definition) is 3. The van der Waals surface area contributed by atoms with E-state index in [4.69, 9.17) is 5.26 Å². The van der Waals surface area contributed by atoms with E-state index in [0.29, 0.717) is 41.5 Å². The van der Waals surface area contributed by atoms with Gasteiger partial charge in [-0.05, 0) is 37.5 Å². The number of imidazole rings is 1. The highest BCUT2D eigenvalue weighted by molar-refractivity contribution is 6.02. The van der Waals surface area contributed by atoms with E-state index in [0.717, 1.165) is 5.52 Å². The molecule has 2 aromatic heterocycles. The minimum atomic E-state index is -0.836. The van der Waals surface area contributed by atoms with E-state index < -0.39 is 6.17 Å². The van der Waals surface area contributed by atoms with Gasteiger partial charge in [-0.2, -0.15) is 5.26 Å². The zero-order valence-corrected chi connectivity index (χ0v) is 12.3. The summed E-state index contributed by atoms with van der Waals surface area (Å²) in [6.07, 6.45) is 2.55. The largest absolute Gasteiger partial charge is 0.323 e. The lowest BCUT2D eigenvalue weighted by Gasteiger charge is -2.16. The number of nitrogens with zero attached hydrogens (tertiary/aromatic N) is 4. The molecule has 0 aliphatic heterocycles. The van der Waals surface area contributed by atoms with Crippen molar-refractivity contribution >= 4 is 21.9 Å². The molecule has 1 aliphatic carbocycles. The number of nitriles is 1. The Morgan fingerprint density at radius 1 is 1.30 bits per heavy atom. The van der Waals surface area contributed by atoms with Crippen molar-refractivity contribution < 1.29 is 8.78 Å². The van der Waals surface area contributed by atoms with Crippen LogP contribution in [0.5, 0.6) is 0 Å². The molecule has 2 atom stereocenters. The zero-order chi connectivity index (χ0) is 16.0. The molecule has 0 radical (unpaired) electrons. The topological polar surface area (TPSA) is 54.5 Å². The lowest BCUT2D eigenvalue weighted by atomic mass is 10.1. The Morgan fingerprint density at radius 3 is 2.91 bits per heavy atom. The Kier molecular flexibility index (Phi) is 3.22. The quantitative estimate of drug-likeness (QED) is 0.722. The summed E-state index contributed by atoms with van der Waals surface area (Å²) in [4.78, 5) is 8.79. The average molecular weight is 312 g/mol. The SMILES string of the molecule is N#CCc1nc2cnc3ccc(F)cc3c2n1C1CCC(F)C1. The van der Waals surface area contributed by atoms with E-state index in [9.17, 15) is 8.78 Å². The summed E-state index contributed by atoms with van der Waals surface area (Å²) in [6.45, 7) is 0. The van der Waals surface area contributed by atoms with E-state index in [2.05, 4.69) is 16.0 Å². The number of aromatic nitrogens is 3. The van der Waals surface area contributed by atoms with Gasteiger partial charge in [0.1, 0.15) is 23.3 Å². The second kappa shape index (κ2) is 5.27. The van der Waals surface area contributed by atoms with Crippen molar-refractivity contribution in [1.29, 1.82) is 5.26 Å². The Hall–Kier alpha value is -2.55. The predicted molar refractivity (Wildman–Crippen MR) is 82.1 cm³/mol. The van der Waals surface area contributed by atoms with Crippen LogP contribution in [0.4, 0.5) is 8.78 Å². The highest BCUT2D eigenvalue weighted by Gasteiger charge is 2.29. The summed E-state index contributed by atoms with van der Waals surface area (Å²) in [7, 11) is 0.